The van der Waals surface area contributed by atoms with Gasteiger partial charge in [-0.2, -0.15) is 13.2 Å². The van der Waals surface area contributed by atoms with Gasteiger partial charge < -0.3 is 16.0 Å². The first-order valence-corrected chi connectivity index (χ1v) is 5.18. The van der Waals surface area contributed by atoms with E-state index in [-0.39, 0.29) is 6.54 Å². The number of alkyl halides is 3. The highest BCUT2D eigenvalue weighted by Crippen LogP contribution is 2.11. The van der Waals surface area contributed by atoms with E-state index in [1.807, 2.05) is 0 Å². The van der Waals surface area contributed by atoms with Crippen LogP contribution < -0.4 is 16.0 Å². The number of carbonyl (C=O) groups excluding carboxylic acids is 2. The molecule has 0 atom stereocenters. The molecule has 0 heterocycles. The van der Waals surface area contributed by atoms with Crippen LogP contribution in [0.4, 0.5) is 18.0 Å². The second-order valence-corrected chi connectivity index (χ2v) is 4.07. The van der Waals surface area contributed by atoms with E-state index in [1.165, 1.54) is 0 Å². The Morgan fingerprint density at radius 2 is 1.65 bits per heavy atom. The van der Waals surface area contributed by atoms with Gasteiger partial charge in [0.05, 0.1) is 13.1 Å². The molecule has 0 fully saturated rings. The highest BCUT2D eigenvalue weighted by atomic mass is 79.9. The first-order valence-electron chi connectivity index (χ1n) is 4.39. The molecule has 0 rings (SSSR count). The fourth-order valence-electron chi connectivity index (χ4n) is 0.661. The van der Waals surface area contributed by atoms with Crippen LogP contribution in [0.5, 0.6) is 0 Å². The van der Waals surface area contributed by atoms with Crippen molar-refractivity contribution in [3.8, 4) is 0 Å². The molecule has 17 heavy (non-hydrogen) atoms. The summed E-state index contributed by atoms with van der Waals surface area (Å²) < 4.78 is 35.6. The van der Waals surface area contributed by atoms with E-state index >= 15 is 0 Å². The summed E-state index contributed by atoms with van der Waals surface area (Å²) in [6.45, 7) is 1.64. The van der Waals surface area contributed by atoms with Gasteiger partial charge in [0.25, 0.3) is 0 Å². The van der Waals surface area contributed by atoms with Crippen molar-refractivity contribution >= 4 is 27.9 Å². The molecule has 3 amide bonds. The van der Waals surface area contributed by atoms with Gasteiger partial charge in [-0.25, -0.2) is 4.79 Å². The highest BCUT2D eigenvalue weighted by Gasteiger charge is 2.27. The zero-order chi connectivity index (χ0) is 13.5. The lowest BCUT2D eigenvalue weighted by atomic mass is 10.5. The van der Waals surface area contributed by atoms with Crippen LogP contribution in [-0.2, 0) is 4.79 Å². The topological polar surface area (TPSA) is 70.2 Å². The number of carbonyl (C=O) groups is 2. The fraction of sp³-hybridized carbons (Fsp3) is 0.500. The van der Waals surface area contributed by atoms with Gasteiger partial charge in [0.2, 0.25) is 5.91 Å². The van der Waals surface area contributed by atoms with Crippen LogP contribution >= 0.6 is 15.9 Å². The van der Waals surface area contributed by atoms with E-state index in [2.05, 4.69) is 33.1 Å². The Balaban J connectivity index is 3.70. The quantitative estimate of drug-likeness (QED) is 0.704. The zero-order valence-corrected chi connectivity index (χ0v) is 10.2. The number of hydrogen-bond donors (Lipinski definition) is 3. The Bertz CT molecular complexity index is 307. The normalized spacial score (nSPS) is 10.6. The number of halogens is 4. The molecule has 0 aliphatic rings. The Morgan fingerprint density at radius 1 is 1.12 bits per heavy atom. The molecule has 0 aromatic rings. The molecule has 0 aliphatic carbocycles. The molecule has 9 heteroatoms. The number of hydrogen-bond acceptors (Lipinski definition) is 2. The van der Waals surface area contributed by atoms with Gasteiger partial charge in [-0.3, -0.25) is 4.79 Å². The minimum Gasteiger partial charge on any atom is -0.345 e. The fourth-order valence-corrected chi connectivity index (χ4v) is 0.801. The van der Waals surface area contributed by atoms with Gasteiger partial charge in [0, 0.05) is 4.48 Å². The predicted octanol–water partition coefficient (Wildman–Crippen LogP) is 0.873. The van der Waals surface area contributed by atoms with E-state index in [9.17, 15) is 22.8 Å². The number of nitrogens with one attached hydrogen (secondary N) is 3. The van der Waals surface area contributed by atoms with Crippen LogP contribution in [0, 0.1) is 0 Å². The summed E-state index contributed by atoms with van der Waals surface area (Å²) in [5.41, 5.74) is 0. The summed E-state index contributed by atoms with van der Waals surface area (Å²) in [5.74, 6) is -0.921. The zero-order valence-electron chi connectivity index (χ0n) is 8.66. The first-order chi connectivity index (χ1) is 7.70. The molecule has 0 spiro atoms. The molecule has 0 aliphatic heterocycles. The van der Waals surface area contributed by atoms with Crippen LogP contribution in [0.15, 0.2) is 11.1 Å². The summed E-state index contributed by atoms with van der Waals surface area (Å²) >= 11 is 2.99. The second kappa shape index (κ2) is 7.15. The van der Waals surface area contributed by atoms with E-state index < -0.39 is 31.2 Å². The average Bonchev–Trinajstić information content (AvgIpc) is 2.19. The molecule has 0 aromatic carbocycles. The van der Waals surface area contributed by atoms with Gasteiger partial charge in [0.15, 0.2) is 0 Å². The summed E-state index contributed by atoms with van der Waals surface area (Å²) in [6.07, 6.45) is -4.47. The van der Waals surface area contributed by atoms with Crippen molar-refractivity contribution in [1.82, 2.24) is 16.0 Å². The van der Waals surface area contributed by atoms with Gasteiger partial charge in [-0.05, 0) is 0 Å². The Kier molecular flexibility index (Phi) is 6.62. The van der Waals surface area contributed by atoms with Crippen LogP contribution in [0.3, 0.4) is 0 Å². The van der Waals surface area contributed by atoms with Gasteiger partial charge >= 0.3 is 12.2 Å². The first kappa shape index (κ1) is 15.8. The molecule has 0 unspecified atom stereocenters. The number of urea groups is 1. The minimum absolute atomic E-state index is 0.149. The highest BCUT2D eigenvalue weighted by molar-refractivity contribution is 9.11. The SMILES string of the molecule is C=C(Br)CNC(=O)NCC(=O)NCC(F)(F)F. The lowest BCUT2D eigenvalue weighted by Gasteiger charge is -2.09. The van der Waals surface area contributed by atoms with Crippen LogP contribution in [0.25, 0.3) is 0 Å². The van der Waals surface area contributed by atoms with E-state index in [0.717, 1.165) is 0 Å². The van der Waals surface area contributed by atoms with Crippen LogP contribution in [-0.4, -0.2) is 37.7 Å². The van der Waals surface area contributed by atoms with E-state index in [0.29, 0.717) is 4.48 Å². The van der Waals surface area contributed by atoms with Crippen molar-refractivity contribution in [3.63, 3.8) is 0 Å². The third-order valence-corrected chi connectivity index (χ3v) is 1.62. The number of rotatable bonds is 5. The molecule has 0 bridgehead atoms. The van der Waals surface area contributed by atoms with Crippen molar-refractivity contribution < 1.29 is 22.8 Å². The largest absolute Gasteiger partial charge is 0.405 e. The Labute approximate surface area is 104 Å². The third-order valence-electron chi connectivity index (χ3n) is 1.34. The van der Waals surface area contributed by atoms with Crippen LogP contribution in [0.2, 0.25) is 0 Å². The predicted molar refractivity (Wildman–Crippen MR) is 58.5 cm³/mol. The maximum atomic E-state index is 11.7. The van der Waals surface area contributed by atoms with Crippen molar-refractivity contribution in [2.45, 2.75) is 6.18 Å². The van der Waals surface area contributed by atoms with Gasteiger partial charge in [0.1, 0.15) is 6.54 Å². The van der Waals surface area contributed by atoms with Crippen LogP contribution in [0.1, 0.15) is 0 Å². The van der Waals surface area contributed by atoms with Crippen molar-refractivity contribution in [1.29, 1.82) is 0 Å². The monoisotopic (exact) mass is 317 g/mol. The lowest BCUT2D eigenvalue weighted by molar-refractivity contribution is -0.137. The van der Waals surface area contributed by atoms with Crippen molar-refractivity contribution in [2.75, 3.05) is 19.6 Å². The molecule has 98 valence electrons. The average molecular weight is 318 g/mol. The van der Waals surface area contributed by atoms with Crippen molar-refractivity contribution in [2.24, 2.45) is 0 Å². The summed E-state index contributed by atoms with van der Waals surface area (Å²) in [5, 5.41) is 6.00. The van der Waals surface area contributed by atoms with E-state index in [1.54, 1.807) is 5.32 Å². The molecular weight excluding hydrogens is 307 g/mol. The van der Waals surface area contributed by atoms with Gasteiger partial charge in [-0.1, -0.05) is 22.5 Å². The lowest BCUT2D eigenvalue weighted by Crippen LogP contribution is -2.44. The molecule has 0 radical (unpaired) electrons. The summed E-state index contributed by atoms with van der Waals surface area (Å²) in [7, 11) is 0. The standard InChI is InChI=1S/C8H11BrF3N3O2/c1-5(9)2-13-7(17)14-3-6(16)15-4-8(10,11)12/h1-4H2,(H,15,16)(H2,13,14,17). The smallest absolute Gasteiger partial charge is 0.345 e. The maximum absolute atomic E-state index is 11.7. The Morgan fingerprint density at radius 3 is 2.12 bits per heavy atom. The third kappa shape index (κ3) is 11.0. The summed E-state index contributed by atoms with van der Waals surface area (Å²) in [4.78, 5) is 21.8. The molecule has 0 aromatic heterocycles. The maximum Gasteiger partial charge on any atom is 0.405 e. The Hall–Kier alpha value is -1.25. The molecule has 3 N–H and O–H groups in total. The second-order valence-electron chi connectivity index (χ2n) is 2.95. The minimum atomic E-state index is -4.47. The summed E-state index contributed by atoms with van der Waals surface area (Å²) in [6, 6.07) is -0.673. The van der Waals surface area contributed by atoms with Gasteiger partial charge in [-0.15, -0.1) is 0 Å². The van der Waals surface area contributed by atoms with E-state index in [4.69, 9.17) is 0 Å². The molecule has 5 nitrogen and oxygen atoms in total. The molecule has 0 saturated heterocycles. The molecule has 0 saturated carbocycles. The van der Waals surface area contributed by atoms with Crippen molar-refractivity contribution in [3.05, 3.63) is 11.1 Å². The number of amides is 3. The molecular formula is C8H11BrF3N3O2.